The van der Waals surface area contributed by atoms with Gasteiger partial charge in [0.1, 0.15) is 0 Å². The molecule has 0 aliphatic carbocycles. The van der Waals surface area contributed by atoms with Gasteiger partial charge in [-0.25, -0.2) is 12.8 Å². The average Bonchev–Trinajstić information content (AvgIpc) is 2.53. The number of hydrogen-bond donors (Lipinski definition) is 0. The molecule has 0 amide bonds. The zero-order valence-corrected chi connectivity index (χ0v) is 12.8. The van der Waals surface area contributed by atoms with Crippen molar-refractivity contribution in [3.63, 3.8) is 0 Å². The number of rotatable bonds is 5. The van der Waals surface area contributed by atoms with E-state index in [2.05, 4.69) is 4.74 Å². The number of nitrogens with zero attached hydrogens (tertiary/aromatic N) is 2. The van der Waals surface area contributed by atoms with Crippen molar-refractivity contribution in [3.8, 4) is 5.75 Å². The SMILES string of the molecule is COc1ccc(S(=O)(=O)c2ccc([N+](=O)[O-])c([N+](=O)[O-])c2)cc1F. The minimum absolute atomic E-state index is 0.177. The molecular weight excluding hydrogens is 347 g/mol. The monoisotopic (exact) mass is 356 g/mol. The lowest BCUT2D eigenvalue weighted by Gasteiger charge is -2.07. The molecule has 0 heterocycles. The van der Waals surface area contributed by atoms with E-state index in [1.54, 1.807) is 0 Å². The lowest BCUT2D eigenvalue weighted by atomic mass is 10.3. The van der Waals surface area contributed by atoms with Crippen molar-refractivity contribution in [2.24, 2.45) is 0 Å². The summed E-state index contributed by atoms with van der Waals surface area (Å²) in [5.74, 6) is -1.11. The molecule has 126 valence electrons. The zero-order chi connectivity index (χ0) is 18.1. The molecule has 0 N–H and O–H groups in total. The van der Waals surface area contributed by atoms with E-state index in [0.29, 0.717) is 18.2 Å². The van der Waals surface area contributed by atoms with Crippen LogP contribution in [0.25, 0.3) is 0 Å². The van der Waals surface area contributed by atoms with E-state index in [1.165, 1.54) is 7.11 Å². The summed E-state index contributed by atoms with van der Waals surface area (Å²) in [6.07, 6.45) is 0. The van der Waals surface area contributed by atoms with Crippen LogP contribution in [0.3, 0.4) is 0 Å². The molecule has 2 aromatic carbocycles. The van der Waals surface area contributed by atoms with Crippen LogP contribution >= 0.6 is 0 Å². The molecule has 0 fully saturated rings. The molecule has 0 aliphatic heterocycles. The predicted octanol–water partition coefficient (Wildman–Crippen LogP) is 2.48. The Bertz CT molecular complexity index is 943. The molecule has 0 spiro atoms. The van der Waals surface area contributed by atoms with Gasteiger partial charge in [-0.2, -0.15) is 0 Å². The van der Waals surface area contributed by atoms with Crippen LogP contribution in [0.5, 0.6) is 5.75 Å². The van der Waals surface area contributed by atoms with Crippen LogP contribution in [0, 0.1) is 26.0 Å². The van der Waals surface area contributed by atoms with E-state index in [9.17, 15) is 33.0 Å². The maximum absolute atomic E-state index is 13.7. The summed E-state index contributed by atoms with van der Waals surface area (Å²) in [7, 11) is -3.11. The van der Waals surface area contributed by atoms with Crippen LogP contribution in [0.1, 0.15) is 0 Å². The number of methoxy groups -OCH3 is 1. The van der Waals surface area contributed by atoms with Crippen molar-refractivity contribution in [2.75, 3.05) is 7.11 Å². The third-order valence-electron chi connectivity index (χ3n) is 3.08. The van der Waals surface area contributed by atoms with E-state index in [0.717, 1.165) is 18.2 Å². The van der Waals surface area contributed by atoms with Gasteiger partial charge >= 0.3 is 11.4 Å². The largest absolute Gasteiger partial charge is 0.494 e. The van der Waals surface area contributed by atoms with Crippen LogP contribution in [0.15, 0.2) is 46.2 Å². The Balaban J connectivity index is 2.62. The highest BCUT2D eigenvalue weighted by molar-refractivity contribution is 7.91. The topological polar surface area (TPSA) is 130 Å². The second-order valence-electron chi connectivity index (χ2n) is 4.46. The summed E-state index contributed by atoms with van der Waals surface area (Å²) < 4.78 is 43.2. The summed E-state index contributed by atoms with van der Waals surface area (Å²) in [6.45, 7) is 0. The highest BCUT2D eigenvalue weighted by Crippen LogP contribution is 2.32. The van der Waals surface area contributed by atoms with E-state index in [1.807, 2.05) is 0 Å². The van der Waals surface area contributed by atoms with E-state index >= 15 is 0 Å². The van der Waals surface area contributed by atoms with Crippen LogP contribution < -0.4 is 4.74 Å². The molecule has 0 atom stereocenters. The van der Waals surface area contributed by atoms with Crippen LogP contribution in [-0.4, -0.2) is 25.4 Å². The second-order valence-corrected chi connectivity index (χ2v) is 6.41. The van der Waals surface area contributed by atoms with Gasteiger partial charge in [0.2, 0.25) is 9.84 Å². The molecule has 0 bridgehead atoms. The molecule has 24 heavy (non-hydrogen) atoms. The number of sulfone groups is 1. The Morgan fingerprint density at radius 2 is 1.50 bits per heavy atom. The van der Waals surface area contributed by atoms with Gasteiger partial charge in [-0.3, -0.25) is 20.2 Å². The zero-order valence-electron chi connectivity index (χ0n) is 12.0. The number of benzene rings is 2. The minimum atomic E-state index is -4.31. The summed E-state index contributed by atoms with van der Waals surface area (Å²) in [5, 5.41) is 21.7. The summed E-state index contributed by atoms with van der Waals surface area (Å²) in [5.41, 5.74) is -1.82. The Morgan fingerprint density at radius 3 is 2.00 bits per heavy atom. The molecule has 0 unspecified atom stereocenters. The summed E-state index contributed by atoms with van der Waals surface area (Å²) in [6, 6.07) is 4.97. The highest BCUT2D eigenvalue weighted by Gasteiger charge is 2.29. The fraction of sp³-hybridized carbons (Fsp3) is 0.0769. The summed E-state index contributed by atoms with van der Waals surface area (Å²) >= 11 is 0. The standard InChI is InChI=1S/C13H9FN2O7S/c1-23-13-5-3-8(6-10(13)14)24(21,22)9-2-4-11(15(17)18)12(7-9)16(19)20/h2-7H,1H3. The molecule has 0 saturated carbocycles. The van der Waals surface area contributed by atoms with Crippen LogP contribution in [-0.2, 0) is 9.84 Å². The predicted molar refractivity (Wildman–Crippen MR) is 78.2 cm³/mol. The number of halogens is 1. The first-order valence-corrected chi connectivity index (χ1v) is 7.68. The molecule has 0 aliphatic rings. The Hall–Kier alpha value is -3.08. The Labute approximate surface area is 134 Å². The van der Waals surface area contributed by atoms with E-state index < -0.39 is 46.7 Å². The van der Waals surface area contributed by atoms with Gasteiger partial charge in [0.15, 0.2) is 11.6 Å². The Morgan fingerprint density at radius 1 is 0.958 bits per heavy atom. The van der Waals surface area contributed by atoms with Gasteiger partial charge in [0.05, 0.1) is 26.7 Å². The quantitative estimate of drug-likeness (QED) is 0.594. The lowest BCUT2D eigenvalue weighted by Crippen LogP contribution is -2.05. The molecule has 9 nitrogen and oxygen atoms in total. The first-order chi connectivity index (χ1) is 11.2. The van der Waals surface area contributed by atoms with Crippen LogP contribution in [0.4, 0.5) is 15.8 Å². The Kier molecular flexibility index (Phi) is 4.46. The van der Waals surface area contributed by atoms with E-state index in [-0.39, 0.29) is 5.75 Å². The number of hydrogen-bond acceptors (Lipinski definition) is 7. The molecule has 2 aromatic rings. The fourth-order valence-electron chi connectivity index (χ4n) is 1.92. The smallest absolute Gasteiger partial charge is 0.347 e. The second kappa shape index (κ2) is 6.20. The number of nitro benzene ring substituents is 2. The first kappa shape index (κ1) is 17.3. The number of ether oxygens (including phenoxy) is 1. The molecule has 0 aromatic heterocycles. The molecular formula is C13H9FN2O7S. The van der Waals surface area contributed by atoms with Crippen molar-refractivity contribution < 1.29 is 27.4 Å². The van der Waals surface area contributed by atoms with Crippen molar-refractivity contribution >= 4 is 21.2 Å². The summed E-state index contributed by atoms with van der Waals surface area (Å²) in [4.78, 5) is 18.6. The van der Waals surface area contributed by atoms with Crippen LogP contribution in [0.2, 0.25) is 0 Å². The third kappa shape index (κ3) is 3.01. The molecule has 11 heteroatoms. The molecule has 0 saturated heterocycles. The fourth-order valence-corrected chi connectivity index (χ4v) is 3.21. The van der Waals surface area contributed by atoms with Crippen molar-refractivity contribution in [2.45, 2.75) is 9.79 Å². The van der Waals surface area contributed by atoms with Gasteiger partial charge in [-0.1, -0.05) is 0 Å². The van der Waals surface area contributed by atoms with Gasteiger partial charge in [-0.15, -0.1) is 0 Å². The molecule has 0 radical (unpaired) electrons. The van der Waals surface area contributed by atoms with E-state index in [4.69, 9.17) is 0 Å². The first-order valence-electron chi connectivity index (χ1n) is 6.20. The maximum Gasteiger partial charge on any atom is 0.347 e. The minimum Gasteiger partial charge on any atom is -0.494 e. The van der Waals surface area contributed by atoms with Gasteiger partial charge < -0.3 is 4.74 Å². The van der Waals surface area contributed by atoms with Gasteiger partial charge in [-0.05, 0) is 24.3 Å². The van der Waals surface area contributed by atoms with Crippen molar-refractivity contribution in [1.29, 1.82) is 0 Å². The average molecular weight is 356 g/mol. The highest BCUT2D eigenvalue weighted by atomic mass is 32.2. The van der Waals surface area contributed by atoms with Crippen molar-refractivity contribution in [3.05, 3.63) is 62.4 Å². The maximum atomic E-state index is 13.7. The third-order valence-corrected chi connectivity index (χ3v) is 4.83. The number of nitro groups is 2. The van der Waals surface area contributed by atoms with Gasteiger partial charge in [0, 0.05) is 12.1 Å². The van der Waals surface area contributed by atoms with Crippen molar-refractivity contribution in [1.82, 2.24) is 0 Å². The van der Waals surface area contributed by atoms with Gasteiger partial charge in [0.25, 0.3) is 0 Å². The lowest BCUT2D eigenvalue weighted by molar-refractivity contribution is -0.422. The molecule has 2 rings (SSSR count). The normalized spacial score (nSPS) is 11.1.